The highest BCUT2D eigenvalue weighted by Crippen LogP contribution is 2.26. The summed E-state index contributed by atoms with van der Waals surface area (Å²) < 4.78 is 15.4. The Kier molecular flexibility index (Phi) is 6.53. The van der Waals surface area contributed by atoms with E-state index in [-0.39, 0.29) is 29.1 Å². The molecule has 3 aromatic rings. The molecule has 8 heteroatoms. The number of aromatic nitrogens is 2. The lowest BCUT2D eigenvalue weighted by atomic mass is 9.94. The second-order valence-corrected chi connectivity index (χ2v) is 9.48. The van der Waals surface area contributed by atoms with Crippen LogP contribution in [0.15, 0.2) is 45.7 Å². The molecule has 1 saturated carbocycles. The van der Waals surface area contributed by atoms with Crippen LogP contribution in [0.3, 0.4) is 0 Å². The fourth-order valence-corrected chi connectivity index (χ4v) is 5.57. The number of thioether (sulfide) groups is 1. The van der Waals surface area contributed by atoms with Crippen LogP contribution in [0.25, 0.3) is 10.2 Å². The molecule has 0 aliphatic heterocycles. The third-order valence-corrected chi connectivity index (χ3v) is 7.48. The third-order valence-electron chi connectivity index (χ3n) is 5.57. The van der Waals surface area contributed by atoms with Crippen molar-refractivity contribution < 1.29 is 9.18 Å². The van der Waals surface area contributed by atoms with Gasteiger partial charge < -0.3 is 4.90 Å². The lowest BCUT2D eigenvalue weighted by Crippen LogP contribution is -2.42. The van der Waals surface area contributed by atoms with Gasteiger partial charge in [-0.15, -0.1) is 11.3 Å². The highest BCUT2D eigenvalue weighted by Gasteiger charge is 2.26. The van der Waals surface area contributed by atoms with Crippen LogP contribution in [0.5, 0.6) is 0 Å². The molecule has 0 bridgehead atoms. The van der Waals surface area contributed by atoms with Crippen LogP contribution in [0, 0.1) is 5.82 Å². The average Bonchev–Trinajstić information content (AvgIpc) is 3.24. The molecular formula is C22H24FN3O2S2. The predicted octanol–water partition coefficient (Wildman–Crippen LogP) is 4.59. The minimum absolute atomic E-state index is 0.0240. The van der Waals surface area contributed by atoms with Gasteiger partial charge in [-0.3, -0.25) is 14.2 Å². The summed E-state index contributed by atoms with van der Waals surface area (Å²) >= 11 is 2.68. The Balaban J connectivity index is 1.52. The molecule has 30 heavy (non-hydrogen) atoms. The number of thiophene rings is 1. The fourth-order valence-electron chi connectivity index (χ4n) is 3.91. The summed E-state index contributed by atoms with van der Waals surface area (Å²) in [5.74, 6) is -0.0373. The maximum atomic E-state index is 13.3. The van der Waals surface area contributed by atoms with Gasteiger partial charge in [-0.1, -0.05) is 43.2 Å². The van der Waals surface area contributed by atoms with Gasteiger partial charge in [0.1, 0.15) is 10.5 Å². The van der Waals surface area contributed by atoms with Crippen molar-refractivity contribution in [3.8, 4) is 0 Å². The van der Waals surface area contributed by atoms with Crippen LogP contribution in [-0.2, 0) is 18.4 Å². The molecule has 1 aliphatic carbocycles. The van der Waals surface area contributed by atoms with Crippen molar-refractivity contribution in [2.45, 2.75) is 49.8 Å². The molecule has 2 aromatic heterocycles. The SMILES string of the molecule is Cn1c(SCC(=O)N(Cc2ccc(F)cc2)C2CCCCC2)nc2ccsc2c1=O. The van der Waals surface area contributed by atoms with Crippen LogP contribution < -0.4 is 5.56 Å². The number of hydrogen-bond acceptors (Lipinski definition) is 5. The van der Waals surface area contributed by atoms with E-state index in [2.05, 4.69) is 4.98 Å². The maximum Gasteiger partial charge on any atom is 0.271 e. The molecule has 5 nitrogen and oxygen atoms in total. The lowest BCUT2D eigenvalue weighted by molar-refractivity contribution is -0.132. The Bertz CT molecular complexity index is 1090. The summed E-state index contributed by atoms with van der Waals surface area (Å²) in [5, 5.41) is 2.40. The van der Waals surface area contributed by atoms with Gasteiger partial charge >= 0.3 is 0 Å². The Hall–Kier alpha value is -2.19. The van der Waals surface area contributed by atoms with E-state index in [1.165, 1.54) is 46.2 Å². The quantitative estimate of drug-likeness (QED) is 0.411. The van der Waals surface area contributed by atoms with Crippen LogP contribution in [-0.4, -0.2) is 32.2 Å². The minimum Gasteiger partial charge on any atom is -0.335 e. The van der Waals surface area contributed by atoms with Crippen molar-refractivity contribution in [3.05, 3.63) is 57.4 Å². The summed E-state index contributed by atoms with van der Waals surface area (Å²) in [6.45, 7) is 0.472. The van der Waals surface area contributed by atoms with Gasteiger partial charge in [-0.25, -0.2) is 9.37 Å². The van der Waals surface area contributed by atoms with Crippen LogP contribution in [0.4, 0.5) is 4.39 Å². The number of fused-ring (bicyclic) bond motifs is 1. The molecule has 1 aliphatic rings. The van der Waals surface area contributed by atoms with Crippen LogP contribution >= 0.6 is 23.1 Å². The molecule has 2 heterocycles. The number of hydrogen-bond donors (Lipinski definition) is 0. The number of halogens is 1. The normalized spacial score (nSPS) is 14.9. The second-order valence-electron chi connectivity index (χ2n) is 7.62. The number of amides is 1. The number of carbonyl (C=O) groups excluding carboxylic acids is 1. The van der Waals surface area contributed by atoms with Crippen molar-refractivity contribution in [2.75, 3.05) is 5.75 Å². The standard InChI is InChI=1S/C22H24FN3O2S2/c1-25-21(28)20-18(11-12-29-20)24-22(25)30-14-19(27)26(17-5-3-2-4-6-17)13-15-7-9-16(23)10-8-15/h7-12,17H,2-6,13-14H2,1H3. The van der Waals surface area contributed by atoms with E-state index < -0.39 is 0 Å². The topological polar surface area (TPSA) is 55.2 Å². The molecule has 1 aromatic carbocycles. The first-order chi connectivity index (χ1) is 14.5. The van der Waals surface area contributed by atoms with E-state index >= 15 is 0 Å². The number of benzene rings is 1. The predicted molar refractivity (Wildman–Crippen MR) is 119 cm³/mol. The van der Waals surface area contributed by atoms with Crippen molar-refractivity contribution in [1.29, 1.82) is 0 Å². The highest BCUT2D eigenvalue weighted by molar-refractivity contribution is 7.99. The van der Waals surface area contributed by atoms with Crippen molar-refractivity contribution in [1.82, 2.24) is 14.5 Å². The third kappa shape index (κ3) is 4.59. The number of rotatable bonds is 6. The van der Waals surface area contributed by atoms with E-state index in [0.717, 1.165) is 31.2 Å². The highest BCUT2D eigenvalue weighted by atomic mass is 32.2. The molecule has 0 radical (unpaired) electrons. The van der Waals surface area contributed by atoms with Crippen molar-refractivity contribution >= 4 is 39.2 Å². The summed E-state index contributed by atoms with van der Waals surface area (Å²) in [6, 6.07) is 8.37. The zero-order valence-corrected chi connectivity index (χ0v) is 18.5. The molecule has 1 fully saturated rings. The van der Waals surface area contributed by atoms with Crippen molar-refractivity contribution in [2.24, 2.45) is 7.05 Å². The largest absolute Gasteiger partial charge is 0.335 e. The minimum atomic E-state index is -0.277. The number of nitrogens with zero attached hydrogens (tertiary/aromatic N) is 3. The summed E-state index contributed by atoms with van der Waals surface area (Å²) in [4.78, 5) is 32.2. The van der Waals surface area contributed by atoms with E-state index in [1.807, 2.05) is 16.3 Å². The summed E-state index contributed by atoms with van der Waals surface area (Å²) in [6.07, 6.45) is 5.44. The van der Waals surface area contributed by atoms with E-state index in [4.69, 9.17) is 0 Å². The molecule has 1 amide bonds. The van der Waals surface area contributed by atoms with Gasteiger partial charge in [0.2, 0.25) is 5.91 Å². The van der Waals surface area contributed by atoms with E-state index in [0.29, 0.717) is 21.9 Å². The van der Waals surface area contributed by atoms with Crippen LogP contribution in [0.2, 0.25) is 0 Å². The zero-order chi connectivity index (χ0) is 21.1. The maximum absolute atomic E-state index is 13.3. The van der Waals surface area contributed by atoms with Crippen LogP contribution in [0.1, 0.15) is 37.7 Å². The molecule has 0 saturated heterocycles. The summed E-state index contributed by atoms with van der Waals surface area (Å²) in [5.41, 5.74) is 1.51. The van der Waals surface area contributed by atoms with E-state index in [9.17, 15) is 14.0 Å². The lowest BCUT2D eigenvalue weighted by Gasteiger charge is -2.34. The fraction of sp³-hybridized carbons (Fsp3) is 0.409. The molecule has 0 N–H and O–H groups in total. The summed E-state index contributed by atoms with van der Waals surface area (Å²) in [7, 11) is 1.69. The zero-order valence-electron chi connectivity index (χ0n) is 16.8. The van der Waals surface area contributed by atoms with Gasteiger partial charge in [0.15, 0.2) is 5.16 Å². The molecule has 0 spiro atoms. The first kappa shape index (κ1) is 21.1. The Morgan fingerprint density at radius 2 is 1.97 bits per heavy atom. The Morgan fingerprint density at radius 1 is 1.23 bits per heavy atom. The number of carbonyl (C=O) groups is 1. The van der Waals surface area contributed by atoms with Gasteiger partial charge in [-0.05, 0) is 42.0 Å². The first-order valence-electron chi connectivity index (χ1n) is 10.1. The second kappa shape index (κ2) is 9.31. The van der Waals surface area contributed by atoms with Gasteiger partial charge in [0.25, 0.3) is 5.56 Å². The molecule has 4 rings (SSSR count). The van der Waals surface area contributed by atoms with Crippen molar-refractivity contribution in [3.63, 3.8) is 0 Å². The monoisotopic (exact) mass is 445 g/mol. The van der Waals surface area contributed by atoms with Gasteiger partial charge in [-0.2, -0.15) is 0 Å². The van der Waals surface area contributed by atoms with E-state index in [1.54, 1.807) is 19.2 Å². The molecule has 0 atom stereocenters. The molecular weight excluding hydrogens is 421 g/mol. The van der Waals surface area contributed by atoms with Gasteiger partial charge in [0, 0.05) is 19.6 Å². The average molecular weight is 446 g/mol. The first-order valence-corrected chi connectivity index (χ1v) is 12.0. The Labute approximate surface area is 182 Å². The van der Waals surface area contributed by atoms with Gasteiger partial charge in [0.05, 0.1) is 11.3 Å². The Morgan fingerprint density at radius 3 is 2.70 bits per heavy atom. The molecule has 158 valence electrons. The smallest absolute Gasteiger partial charge is 0.271 e. The molecule has 0 unspecified atom stereocenters.